The number of carboxylic acids is 2. The molecule has 0 aromatic heterocycles. The van der Waals surface area contributed by atoms with Crippen LogP contribution in [-0.2, 0) is 14.4 Å². The molecule has 0 heterocycles. The number of carboxylic acid groups (broad SMARTS) is 2. The molecule has 78 valence electrons. The lowest BCUT2D eigenvalue weighted by atomic mass is 9.94. The largest absolute Gasteiger partial charge is 0.481 e. The second kappa shape index (κ2) is 5.16. The second-order valence-corrected chi connectivity index (χ2v) is 2.81. The molecule has 1 atom stereocenters. The number of rotatable bonds is 6. The highest BCUT2D eigenvalue weighted by Gasteiger charge is 2.29. The zero-order valence-corrected chi connectivity index (χ0v) is 7.82. The van der Waals surface area contributed by atoms with E-state index in [-0.39, 0.29) is 5.57 Å². The van der Waals surface area contributed by atoms with Crippen molar-refractivity contribution in [3.8, 4) is 0 Å². The maximum Gasteiger partial charge on any atom is 0.315 e. The van der Waals surface area contributed by atoms with E-state index in [1.165, 1.54) is 0 Å². The Kier molecular flexibility index (Phi) is 4.55. The van der Waals surface area contributed by atoms with Crippen LogP contribution in [0.4, 0.5) is 0 Å². The van der Waals surface area contributed by atoms with Gasteiger partial charge in [-0.2, -0.15) is 0 Å². The number of aliphatic carboxylic acids is 2. The first kappa shape index (κ1) is 12.3. The Morgan fingerprint density at radius 3 is 2.07 bits per heavy atom. The number of allylic oxidation sites excluding steroid dienone is 1. The second-order valence-electron chi connectivity index (χ2n) is 2.81. The third-order valence-electron chi connectivity index (χ3n) is 1.77. The third kappa shape index (κ3) is 3.38. The monoisotopic (exact) mass is 200 g/mol. The van der Waals surface area contributed by atoms with Gasteiger partial charge in [-0.15, -0.1) is 0 Å². The maximum absolute atomic E-state index is 11.3. The lowest BCUT2D eigenvalue weighted by Gasteiger charge is -2.09. The van der Waals surface area contributed by atoms with Gasteiger partial charge in [0.15, 0.2) is 5.78 Å². The van der Waals surface area contributed by atoms with E-state index in [4.69, 9.17) is 10.2 Å². The van der Waals surface area contributed by atoms with E-state index >= 15 is 0 Å². The molecule has 0 bridgehead atoms. The van der Waals surface area contributed by atoms with Crippen molar-refractivity contribution in [1.82, 2.24) is 0 Å². The average molecular weight is 200 g/mol. The van der Waals surface area contributed by atoms with Crippen LogP contribution in [0.25, 0.3) is 0 Å². The average Bonchev–Trinajstić information content (AvgIpc) is 2.11. The summed E-state index contributed by atoms with van der Waals surface area (Å²) < 4.78 is 0. The zero-order valence-electron chi connectivity index (χ0n) is 7.82. The van der Waals surface area contributed by atoms with E-state index in [2.05, 4.69) is 6.58 Å². The highest BCUT2D eigenvalue weighted by atomic mass is 16.4. The van der Waals surface area contributed by atoms with Gasteiger partial charge in [-0.1, -0.05) is 13.5 Å². The standard InChI is InChI=1S/C9H12O5/c1-3-5(2)8(12)6(9(13)14)4-7(10)11/h6H,2-4H2,1H3,(H,10,11)(H,13,14). The molecule has 0 aliphatic heterocycles. The van der Waals surface area contributed by atoms with Gasteiger partial charge >= 0.3 is 11.9 Å². The Balaban J connectivity index is 4.66. The van der Waals surface area contributed by atoms with Crippen LogP contribution < -0.4 is 0 Å². The number of Topliss-reactive ketones (excluding diaryl/α,β-unsaturated/α-hetero) is 1. The normalized spacial score (nSPS) is 11.8. The van der Waals surface area contributed by atoms with Crippen LogP contribution >= 0.6 is 0 Å². The number of hydrogen-bond donors (Lipinski definition) is 2. The summed E-state index contributed by atoms with van der Waals surface area (Å²) in [6, 6.07) is 0. The molecule has 0 radical (unpaired) electrons. The van der Waals surface area contributed by atoms with E-state index in [0.717, 1.165) is 0 Å². The number of ketones is 1. The Hall–Kier alpha value is -1.65. The van der Waals surface area contributed by atoms with Crippen molar-refractivity contribution in [2.24, 2.45) is 5.92 Å². The predicted molar refractivity (Wildman–Crippen MR) is 47.8 cm³/mol. The van der Waals surface area contributed by atoms with E-state index in [1.54, 1.807) is 6.92 Å². The highest BCUT2D eigenvalue weighted by molar-refractivity contribution is 6.08. The van der Waals surface area contributed by atoms with Gasteiger partial charge in [-0.25, -0.2) is 0 Å². The van der Waals surface area contributed by atoms with Crippen molar-refractivity contribution >= 4 is 17.7 Å². The fourth-order valence-corrected chi connectivity index (χ4v) is 0.887. The van der Waals surface area contributed by atoms with Gasteiger partial charge in [0.2, 0.25) is 0 Å². The molecule has 0 rings (SSSR count). The molecular weight excluding hydrogens is 188 g/mol. The van der Waals surface area contributed by atoms with E-state index < -0.39 is 30.1 Å². The third-order valence-corrected chi connectivity index (χ3v) is 1.77. The molecule has 0 aromatic carbocycles. The van der Waals surface area contributed by atoms with Gasteiger partial charge in [0.05, 0.1) is 6.42 Å². The number of carbonyl (C=O) groups excluding carboxylic acids is 1. The number of carbonyl (C=O) groups is 3. The summed E-state index contributed by atoms with van der Waals surface area (Å²) in [6.45, 7) is 5.03. The molecule has 0 aromatic rings. The Morgan fingerprint density at radius 2 is 1.79 bits per heavy atom. The van der Waals surface area contributed by atoms with Crippen LogP contribution in [0.15, 0.2) is 12.2 Å². The molecule has 2 N–H and O–H groups in total. The smallest absolute Gasteiger partial charge is 0.315 e. The molecule has 1 unspecified atom stereocenters. The maximum atomic E-state index is 11.3. The zero-order chi connectivity index (χ0) is 11.3. The first-order valence-electron chi connectivity index (χ1n) is 4.06. The molecule has 0 saturated heterocycles. The van der Waals surface area contributed by atoms with E-state index in [9.17, 15) is 14.4 Å². The summed E-state index contributed by atoms with van der Waals surface area (Å²) >= 11 is 0. The minimum Gasteiger partial charge on any atom is -0.481 e. The topological polar surface area (TPSA) is 91.7 Å². The summed E-state index contributed by atoms with van der Waals surface area (Å²) in [4.78, 5) is 32.2. The SMILES string of the molecule is C=C(CC)C(=O)C(CC(=O)O)C(=O)O. The van der Waals surface area contributed by atoms with Crippen LogP contribution in [-0.4, -0.2) is 27.9 Å². The molecule has 0 fully saturated rings. The number of hydrogen-bond acceptors (Lipinski definition) is 3. The van der Waals surface area contributed by atoms with Gasteiger partial charge in [0.1, 0.15) is 5.92 Å². The Labute approximate surface area is 81.0 Å². The predicted octanol–water partition coefficient (Wildman–Crippen LogP) is 0.697. The van der Waals surface area contributed by atoms with Crippen molar-refractivity contribution in [2.75, 3.05) is 0 Å². The Morgan fingerprint density at radius 1 is 1.29 bits per heavy atom. The van der Waals surface area contributed by atoms with Gasteiger partial charge in [0, 0.05) is 0 Å². The summed E-state index contributed by atoms with van der Waals surface area (Å²) in [5.74, 6) is -4.95. The van der Waals surface area contributed by atoms with Crippen LogP contribution in [0.1, 0.15) is 19.8 Å². The van der Waals surface area contributed by atoms with E-state index in [1.807, 2.05) is 0 Å². The molecule has 5 heteroatoms. The molecular formula is C9H12O5. The summed E-state index contributed by atoms with van der Waals surface area (Å²) in [7, 11) is 0. The molecule has 0 aliphatic rings. The molecule has 0 aliphatic carbocycles. The minimum absolute atomic E-state index is 0.138. The van der Waals surface area contributed by atoms with Crippen LogP contribution in [0, 0.1) is 5.92 Å². The van der Waals surface area contributed by atoms with Crippen molar-refractivity contribution in [1.29, 1.82) is 0 Å². The van der Waals surface area contributed by atoms with Crippen LogP contribution in [0.3, 0.4) is 0 Å². The summed E-state index contributed by atoms with van der Waals surface area (Å²) in [5, 5.41) is 17.0. The first-order chi connectivity index (χ1) is 6.40. The van der Waals surface area contributed by atoms with Gasteiger partial charge in [0.25, 0.3) is 0 Å². The highest BCUT2D eigenvalue weighted by Crippen LogP contribution is 2.12. The van der Waals surface area contributed by atoms with Gasteiger partial charge < -0.3 is 10.2 Å². The van der Waals surface area contributed by atoms with Crippen molar-refractivity contribution in [3.63, 3.8) is 0 Å². The first-order valence-corrected chi connectivity index (χ1v) is 4.06. The molecule has 0 saturated carbocycles. The van der Waals surface area contributed by atoms with Gasteiger partial charge in [-0.3, -0.25) is 14.4 Å². The van der Waals surface area contributed by atoms with Crippen molar-refractivity contribution in [3.05, 3.63) is 12.2 Å². The van der Waals surface area contributed by atoms with Crippen LogP contribution in [0.5, 0.6) is 0 Å². The molecule has 5 nitrogen and oxygen atoms in total. The molecule has 14 heavy (non-hydrogen) atoms. The minimum atomic E-state index is -1.51. The van der Waals surface area contributed by atoms with Crippen molar-refractivity contribution < 1.29 is 24.6 Å². The summed E-state index contributed by atoms with van der Waals surface area (Å²) in [5.41, 5.74) is 0.138. The lowest BCUT2D eigenvalue weighted by molar-refractivity contribution is -0.151. The Bertz CT molecular complexity index is 279. The fraction of sp³-hybridized carbons (Fsp3) is 0.444. The lowest BCUT2D eigenvalue weighted by Crippen LogP contribution is -2.27. The summed E-state index contributed by atoms with van der Waals surface area (Å²) in [6.07, 6.45) is -0.380. The quantitative estimate of drug-likeness (QED) is 0.486. The van der Waals surface area contributed by atoms with E-state index in [0.29, 0.717) is 6.42 Å². The van der Waals surface area contributed by atoms with Gasteiger partial charge in [-0.05, 0) is 12.0 Å². The van der Waals surface area contributed by atoms with Crippen molar-refractivity contribution in [2.45, 2.75) is 19.8 Å². The van der Waals surface area contributed by atoms with Crippen LogP contribution in [0.2, 0.25) is 0 Å². The molecule has 0 spiro atoms. The fourth-order valence-electron chi connectivity index (χ4n) is 0.887. The molecule has 0 amide bonds.